The molecule has 0 bridgehead atoms. The highest BCUT2D eigenvalue weighted by Gasteiger charge is 2.51. The molecule has 2 saturated heterocycles. The summed E-state index contributed by atoms with van der Waals surface area (Å²) < 4.78 is 50.1. The van der Waals surface area contributed by atoms with Gasteiger partial charge in [0.1, 0.15) is 5.82 Å². The topological polar surface area (TPSA) is 122 Å². The summed E-state index contributed by atoms with van der Waals surface area (Å²) in [6, 6.07) is 0.473. The van der Waals surface area contributed by atoms with Crippen LogP contribution in [0.5, 0.6) is 0 Å². The SMILES string of the molecule is Cc1ccc(F)c([C@H](N[S@@](=O)C(C)(C)C)[C@H](F)C(=O)C2C(=O)NC(=O)N(C3CCOCC3)C2=O)c1. The molecule has 1 aromatic rings. The number of nitrogens with one attached hydrogen (secondary N) is 2. The third kappa shape index (κ3) is 5.81. The fourth-order valence-corrected chi connectivity index (χ4v) is 4.76. The fraction of sp³-hybridized carbons (Fsp3) is 0.565. The number of carbonyl (C=O) groups is 4. The van der Waals surface area contributed by atoms with E-state index in [-0.39, 0.29) is 18.8 Å². The molecule has 4 atom stereocenters. The first kappa shape index (κ1) is 27.0. The van der Waals surface area contributed by atoms with Crippen molar-refractivity contribution in [3.63, 3.8) is 0 Å². The van der Waals surface area contributed by atoms with Crippen LogP contribution in [0.3, 0.4) is 0 Å². The van der Waals surface area contributed by atoms with Crippen LogP contribution in [0.1, 0.15) is 50.8 Å². The molecule has 2 heterocycles. The molecule has 2 fully saturated rings. The second-order valence-corrected chi connectivity index (χ2v) is 11.6. The molecule has 12 heteroatoms. The Labute approximate surface area is 204 Å². The number of carbonyl (C=O) groups excluding carboxylic acids is 4. The summed E-state index contributed by atoms with van der Waals surface area (Å²) in [5.41, 5.74) is 0.279. The zero-order valence-electron chi connectivity index (χ0n) is 19.9. The van der Waals surface area contributed by atoms with Crippen LogP contribution < -0.4 is 10.0 Å². The lowest BCUT2D eigenvalue weighted by Gasteiger charge is -2.37. The van der Waals surface area contributed by atoms with Gasteiger partial charge in [0.05, 0.1) is 21.8 Å². The highest BCUT2D eigenvalue weighted by Crippen LogP contribution is 2.30. The first-order chi connectivity index (χ1) is 16.3. The van der Waals surface area contributed by atoms with E-state index >= 15 is 4.39 Å². The maximum absolute atomic E-state index is 15.8. The average Bonchev–Trinajstić information content (AvgIpc) is 2.78. The van der Waals surface area contributed by atoms with Gasteiger partial charge in [-0.2, -0.15) is 0 Å². The second kappa shape index (κ2) is 10.6. The standard InChI is InChI=1S/C23H29F2N3O6S/c1-12-5-6-15(24)14(11-12)18(27-35(33)23(2,3)4)17(25)19(29)16-20(30)26-22(32)28(21(16)31)13-7-9-34-10-8-13/h5-6,11,13,16-18,27H,7-10H2,1-4H3,(H,26,30,32)/t16?,17-,18-,35-/m0/s1. The number of rotatable bonds is 7. The summed E-state index contributed by atoms with van der Waals surface area (Å²) in [6.45, 7) is 6.98. The number of alkyl halides is 1. The molecule has 9 nitrogen and oxygen atoms in total. The maximum atomic E-state index is 15.8. The Morgan fingerprint density at radius 3 is 2.46 bits per heavy atom. The van der Waals surface area contributed by atoms with Gasteiger partial charge in [0, 0.05) is 24.8 Å². The molecule has 35 heavy (non-hydrogen) atoms. The van der Waals surface area contributed by atoms with E-state index < -0.39 is 69.4 Å². The number of Topliss-reactive ketones (excluding diaryl/α,β-unsaturated/α-hetero) is 1. The third-order valence-electron chi connectivity index (χ3n) is 5.88. The van der Waals surface area contributed by atoms with Gasteiger partial charge in [-0.1, -0.05) is 17.7 Å². The molecule has 0 aliphatic carbocycles. The quantitative estimate of drug-likeness (QED) is 0.538. The van der Waals surface area contributed by atoms with Gasteiger partial charge in [0.25, 0.3) is 5.91 Å². The van der Waals surface area contributed by atoms with Crippen LogP contribution in [0.4, 0.5) is 13.6 Å². The first-order valence-corrected chi connectivity index (χ1v) is 12.4. The van der Waals surface area contributed by atoms with Crippen molar-refractivity contribution < 1.29 is 36.9 Å². The van der Waals surface area contributed by atoms with E-state index in [1.807, 2.05) is 5.32 Å². The van der Waals surface area contributed by atoms with Gasteiger partial charge in [-0.3, -0.25) is 24.6 Å². The predicted octanol–water partition coefficient (Wildman–Crippen LogP) is 2.01. The minimum atomic E-state index is -2.62. The molecule has 0 saturated carbocycles. The first-order valence-electron chi connectivity index (χ1n) is 11.2. The van der Waals surface area contributed by atoms with E-state index in [9.17, 15) is 27.8 Å². The van der Waals surface area contributed by atoms with E-state index in [2.05, 4.69) is 4.72 Å². The van der Waals surface area contributed by atoms with Gasteiger partial charge in [-0.25, -0.2) is 22.5 Å². The molecule has 2 N–H and O–H groups in total. The van der Waals surface area contributed by atoms with E-state index in [1.54, 1.807) is 27.7 Å². The molecular formula is C23H29F2N3O6S. The van der Waals surface area contributed by atoms with Crippen molar-refractivity contribution in [3.8, 4) is 0 Å². The average molecular weight is 514 g/mol. The van der Waals surface area contributed by atoms with Gasteiger partial charge in [-0.15, -0.1) is 0 Å². The summed E-state index contributed by atoms with van der Waals surface area (Å²) in [7, 11) is -1.93. The molecule has 4 amide bonds. The van der Waals surface area contributed by atoms with Crippen LogP contribution in [0.15, 0.2) is 18.2 Å². The number of amides is 4. The normalized spacial score (nSPS) is 22.5. The van der Waals surface area contributed by atoms with Crippen LogP contribution in [-0.4, -0.2) is 62.9 Å². The number of barbiturate groups is 1. The zero-order valence-corrected chi connectivity index (χ0v) is 20.7. The minimum absolute atomic E-state index is 0.274. The highest BCUT2D eigenvalue weighted by atomic mass is 32.2. The Morgan fingerprint density at radius 2 is 1.86 bits per heavy atom. The summed E-state index contributed by atoms with van der Waals surface area (Å²) in [4.78, 5) is 52.0. The number of ketones is 1. The van der Waals surface area contributed by atoms with Gasteiger partial charge in [0.2, 0.25) is 5.91 Å². The van der Waals surface area contributed by atoms with Crippen LogP contribution in [0.25, 0.3) is 0 Å². The molecule has 1 unspecified atom stereocenters. The number of nitrogens with zero attached hydrogens (tertiary/aromatic N) is 1. The van der Waals surface area contributed by atoms with Crippen LogP contribution in [0.2, 0.25) is 0 Å². The second-order valence-electron chi connectivity index (χ2n) is 9.58. The molecule has 1 aromatic carbocycles. The molecule has 2 aliphatic rings. The number of halogens is 2. The number of hydrogen-bond donors (Lipinski definition) is 2. The number of benzene rings is 1. The Kier molecular flexibility index (Phi) is 8.17. The van der Waals surface area contributed by atoms with E-state index in [0.717, 1.165) is 11.0 Å². The lowest BCUT2D eigenvalue weighted by molar-refractivity contribution is -0.151. The van der Waals surface area contributed by atoms with Crippen molar-refractivity contribution in [1.29, 1.82) is 0 Å². The van der Waals surface area contributed by atoms with Crippen molar-refractivity contribution >= 4 is 34.6 Å². The minimum Gasteiger partial charge on any atom is -0.381 e. The molecular weight excluding hydrogens is 484 g/mol. The summed E-state index contributed by atoms with van der Waals surface area (Å²) in [6.07, 6.45) is -2.02. The Bertz CT molecular complexity index is 1050. The lowest BCUT2D eigenvalue weighted by Crippen LogP contribution is -2.64. The largest absolute Gasteiger partial charge is 0.381 e. The Hall–Kier alpha value is -2.57. The van der Waals surface area contributed by atoms with Crippen molar-refractivity contribution in [2.24, 2.45) is 5.92 Å². The zero-order chi connectivity index (χ0) is 26.1. The highest BCUT2D eigenvalue weighted by molar-refractivity contribution is 7.84. The summed E-state index contributed by atoms with van der Waals surface area (Å²) >= 11 is 0. The number of hydrogen-bond acceptors (Lipinski definition) is 6. The van der Waals surface area contributed by atoms with E-state index in [4.69, 9.17) is 4.74 Å². The van der Waals surface area contributed by atoms with Crippen molar-refractivity contribution in [2.75, 3.05) is 13.2 Å². The van der Waals surface area contributed by atoms with Crippen molar-refractivity contribution in [2.45, 2.75) is 63.5 Å². The van der Waals surface area contributed by atoms with Gasteiger partial charge in [-0.05, 0) is 46.6 Å². The molecule has 0 radical (unpaired) electrons. The van der Waals surface area contributed by atoms with Gasteiger partial charge in [0.15, 0.2) is 17.9 Å². The number of aryl methyl sites for hydroxylation is 1. The number of urea groups is 1. The molecule has 0 spiro atoms. The summed E-state index contributed by atoms with van der Waals surface area (Å²) in [5, 5.41) is 1.95. The molecule has 3 rings (SSSR count). The van der Waals surface area contributed by atoms with Gasteiger partial charge < -0.3 is 4.74 Å². The molecule has 2 aliphatic heterocycles. The predicted molar refractivity (Wildman–Crippen MR) is 123 cm³/mol. The number of imide groups is 2. The lowest BCUT2D eigenvalue weighted by atomic mass is 9.89. The smallest absolute Gasteiger partial charge is 0.331 e. The molecule has 192 valence electrons. The molecule has 0 aromatic heterocycles. The van der Waals surface area contributed by atoms with Crippen molar-refractivity contribution in [1.82, 2.24) is 14.9 Å². The van der Waals surface area contributed by atoms with Crippen LogP contribution in [0, 0.1) is 18.7 Å². The Morgan fingerprint density at radius 1 is 1.23 bits per heavy atom. The maximum Gasteiger partial charge on any atom is 0.331 e. The fourth-order valence-electron chi connectivity index (χ4n) is 3.93. The summed E-state index contributed by atoms with van der Waals surface area (Å²) in [5.74, 6) is -6.85. The van der Waals surface area contributed by atoms with Crippen LogP contribution >= 0.6 is 0 Å². The number of ether oxygens (including phenoxy) is 1. The third-order valence-corrected chi connectivity index (χ3v) is 7.46. The van der Waals surface area contributed by atoms with Crippen LogP contribution in [-0.2, 0) is 30.1 Å². The monoisotopic (exact) mass is 513 g/mol. The Balaban J connectivity index is 1.96. The van der Waals surface area contributed by atoms with E-state index in [1.165, 1.54) is 12.1 Å². The van der Waals surface area contributed by atoms with Gasteiger partial charge >= 0.3 is 6.03 Å². The van der Waals surface area contributed by atoms with Crippen molar-refractivity contribution in [3.05, 3.63) is 35.1 Å². The van der Waals surface area contributed by atoms with E-state index in [0.29, 0.717) is 18.4 Å².